The van der Waals surface area contributed by atoms with Crippen LogP contribution in [0.25, 0.3) is 22.0 Å². The monoisotopic (exact) mass is 476 g/mol. The molecule has 0 atom stereocenters. The van der Waals surface area contributed by atoms with Crippen LogP contribution in [0.3, 0.4) is 0 Å². The number of halogens is 1. The summed E-state index contributed by atoms with van der Waals surface area (Å²) >= 11 is 0. The number of nitrogens with one attached hydrogen (secondary N) is 3. The molecule has 0 saturated carbocycles. The summed E-state index contributed by atoms with van der Waals surface area (Å²) in [5.41, 5.74) is 10.3. The summed E-state index contributed by atoms with van der Waals surface area (Å²) in [6.45, 7) is 3.17. The first-order valence-electron chi connectivity index (χ1n) is 11.3. The minimum absolute atomic E-state index is 0.317. The Bertz CT molecular complexity index is 1330. The van der Waals surface area contributed by atoms with Crippen LogP contribution < -0.4 is 21.1 Å². The lowest BCUT2D eigenvalue weighted by Crippen LogP contribution is -2.19. The van der Waals surface area contributed by atoms with Crippen LogP contribution in [-0.2, 0) is 0 Å². The minimum atomic E-state index is -0.416. The number of hydrogen-bond donors (Lipinski definition) is 4. The van der Waals surface area contributed by atoms with E-state index in [-0.39, 0.29) is 5.82 Å². The van der Waals surface area contributed by atoms with Gasteiger partial charge in [-0.15, -0.1) is 0 Å². The Morgan fingerprint density at radius 1 is 1.09 bits per heavy atom. The number of aromatic amines is 1. The van der Waals surface area contributed by atoms with Crippen molar-refractivity contribution in [1.82, 2.24) is 15.1 Å². The number of ether oxygens (including phenoxy) is 1. The maximum absolute atomic E-state index is 13.4. The van der Waals surface area contributed by atoms with E-state index in [4.69, 9.17) is 10.5 Å². The molecule has 0 bridgehead atoms. The van der Waals surface area contributed by atoms with Gasteiger partial charge in [0.05, 0.1) is 12.0 Å². The number of anilines is 3. The van der Waals surface area contributed by atoms with E-state index in [9.17, 15) is 9.18 Å². The fourth-order valence-corrected chi connectivity index (χ4v) is 3.81. The second-order valence-electron chi connectivity index (χ2n) is 8.60. The van der Waals surface area contributed by atoms with Crippen LogP contribution in [-0.4, -0.2) is 48.4 Å². The molecule has 2 amide bonds. The summed E-state index contributed by atoms with van der Waals surface area (Å²) < 4.78 is 19.4. The maximum Gasteiger partial charge on any atom is 0.323 e. The first-order valence-corrected chi connectivity index (χ1v) is 11.3. The molecule has 0 radical (unpaired) electrons. The molecule has 0 unspecified atom stereocenters. The zero-order chi connectivity index (χ0) is 24.9. The molecule has 4 rings (SSSR count). The van der Waals surface area contributed by atoms with E-state index >= 15 is 0 Å². The van der Waals surface area contributed by atoms with Crippen LogP contribution in [0.1, 0.15) is 12.0 Å². The zero-order valence-corrected chi connectivity index (χ0v) is 20.0. The average molecular weight is 477 g/mol. The number of nitrogen functional groups attached to an aromatic ring is 1. The molecule has 0 fully saturated rings. The largest absolute Gasteiger partial charge is 0.491 e. The Morgan fingerprint density at radius 2 is 1.80 bits per heavy atom. The van der Waals surface area contributed by atoms with Crippen molar-refractivity contribution in [2.24, 2.45) is 0 Å². The predicted octanol–water partition coefficient (Wildman–Crippen LogP) is 5.23. The van der Waals surface area contributed by atoms with Gasteiger partial charge in [0.2, 0.25) is 0 Å². The van der Waals surface area contributed by atoms with Gasteiger partial charge in [0.25, 0.3) is 0 Å². The number of aromatic nitrogens is 2. The summed E-state index contributed by atoms with van der Waals surface area (Å²) in [7, 11) is 4.06. The van der Waals surface area contributed by atoms with Crippen molar-refractivity contribution in [3.8, 4) is 16.9 Å². The first-order chi connectivity index (χ1) is 16.8. The normalized spacial score (nSPS) is 11.1. The van der Waals surface area contributed by atoms with Crippen molar-refractivity contribution in [3.63, 3.8) is 0 Å². The lowest BCUT2D eigenvalue weighted by molar-refractivity contribution is 0.262. The number of urea groups is 1. The number of nitrogens with two attached hydrogens (primary N) is 1. The highest BCUT2D eigenvalue weighted by atomic mass is 19.1. The number of nitrogens with zero attached hydrogens (tertiary/aromatic N) is 2. The van der Waals surface area contributed by atoms with Gasteiger partial charge in [-0.05, 0) is 86.6 Å². The SMILES string of the molecule is Cc1cc(NC(=O)Nc2ccc(-c3ccc(OCCCN(C)C)c4[nH]nc(N)c34)cc2)ccc1F. The molecule has 0 aliphatic rings. The maximum atomic E-state index is 13.4. The van der Waals surface area contributed by atoms with E-state index in [1.807, 2.05) is 38.4 Å². The molecule has 1 aromatic heterocycles. The Morgan fingerprint density at radius 3 is 2.51 bits per heavy atom. The van der Waals surface area contributed by atoms with Crippen molar-refractivity contribution in [2.75, 3.05) is 43.6 Å². The molecule has 5 N–H and O–H groups in total. The van der Waals surface area contributed by atoms with Crippen LogP contribution >= 0.6 is 0 Å². The van der Waals surface area contributed by atoms with Gasteiger partial charge in [0, 0.05) is 17.9 Å². The van der Waals surface area contributed by atoms with Gasteiger partial charge in [-0.25, -0.2) is 9.18 Å². The molecule has 0 saturated heterocycles. The molecule has 0 spiro atoms. The zero-order valence-electron chi connectivity index (χ0n) is 20.0. The van der Waals surface area contributed by atoms with Crippen molar-refractivity contribution in [3.05, 3.63) is 66.0 Å². The van der Waals surface area contributed by atoms with Crippen LogP contribution in [0, 0.1) is 12.7 Å². The fraction of sp³-hybridized carbons (Fsp3) is 0.231. The average Bonchev–Trinajstić information content (AvgIpc) is 3.21. The fourth-order valence-electron chi connectivity index (χ4n) is 3.81. The number of amides is 2. The third-order valence-electron chi connectivity index (χ3n) is 5.59. The second-order valence-corrected chi connectivity index (χ2v) is 8.60. The van der Waals surface area contributed by atoms with Crippen molar-refractivity contribution >= 4 is 34.1 Å². The summed E-state index contributed by atoms with van der Waals surface area (Å²) in [5, 5.41) is 13.4. The Balaban J connectivity index is 1.47. The van der Waals surface area contributed by atoms with Crippen molar-refractivity contribution < 1.29 is 13.9 Å². The molecule has 9 heteroatoms. The Kier molecular flexibility index (Phi) is 7.17. The number of benzene rings is 3. The second kappa shape index (κ2) is 10.4. The van der Waals surface area contributed by atoms with E-state index < -0.39 is 6.03 Å². The van der Waals surface area contributed by atoms with Crippen molar-refractivity contribution in [2.45, 2.75) is 13.3 Å². The highest BCUT2D eigenvalue weighted by Crippen LogP contribution is 2.36. The third kappa shape index (κ3) is 5.70. The van der Waals surface area contributed by atoms with Gasteiger partial charge < -0.3 is 26.0 Å². The number of H-pyrrole nitrogens is 1. The Hall–Kier alpha value is -4.11. The van der Waals surface area contributed by atoms with Crippen molar-refractivity contribution in [1.29, 1.82) is 0 Å². The summed E-state index contributed by atoms with van der Waals surface area (Å²) in [6, 6.07) is 15.3. The summed E-state index contributed by atoms with van der Waals surface area (Å²) in [6.07, 6.45) is 0.905. The Labute approximate surface area is 203 Å². The third-order valence-corrected chi connectivity index (χ3v) is 5.59. The molecule has 3 aromatic carbocycles. The quantitative estimate of drug-likeness (QED) is 0.260. The van der Waals surface area contributed by atoms with E-state index in [1.165, 1.54) is 12.1 Å². The van der Waals surface area contributed by atoms with Gasteiger partial charge in [0.1, 0.15) is 17.1 Å². The van der Waals surface area contributed by atoms with E-state index in [0.717, 1.165) is 35.0 Å². The number of hydrogen-bond acceptors (Lipinski definition) is 5. The van der Waals surface area contributed by atoms with E-state index in [1.54, 1.807) is 25.1 Å². The van der Waals surface area contributed by atoms with E-state index in [0.29, 0.717) is 35.1 Å². The van der Waals surface area contributed by atoms with Crippen LogP contribution in [0.2, 0.25) is 0 Å². The smallest absolute Gasteiger partial charge is 0.323 e. The number of aryl methyl sites for hydroxylation is 1. The van der Waals surface area contributed by atoms with Gasteiger partial charge in [-0.2, -0.15) is 5.10 Å². The molecule has 4 aromatic rings. The molecular weight excluding hydrogens is 447 g/mol. The summed E-state index contributed by atoms with van der Waals surface area (Å²) in [4.78, 5) is 14.5. The predicted molar refractivity (Wildman–Crippen MR) is 138 cm³/mol. The molecule has 0 aliphatic heterocycles. The van der Waals surface area contributed by atoms with Crippen LogP contribution in [0.5, 0.6) is 5.75 Å². The van der Waals surface area contributed by atoms with Gasteiger partial charge >= 0.3 is 6.03 Å². The molecule has 35 heavy (non-hydrogen) atoms. The minimum Gasteiger partial charge on any atom is -0.491 e. The van der Waals surface area contributed by atoms with E-state index in [2.05, 4.69) is 25.7 Å². The first kappa shape index (κ1) is 24.0. The van der Waals surface area contributed by atoms with Gasteiger partial charge in [0.15, 0.2) is 5.82 Å². The number of carbonyl (C=O) groups excluding carboxylic acids is 1. The molecule has 0 aliphatic carbocycles. The molecule has 182 valence electrons. The van der Waals surface area contributed by atoms with Gasteiger partial charge in [-0.3, -0.25) is 5.10 Å². The van der Waals surface area contributed by atoms with Crippen LogP contribution in [0.15, 0.2) is 54.6 Å². The lowest BCUT2D eigenvalue weighted by atomic mass is 10.0. The highest BCUT2D eigenvalue weighted by molar-refractivity contribution is 6.04. The lowest BCUT2D eigenvalue weighted by Gasteiger charge is -2.13. The molecular formula is C26H29FN6O2. The number of fused-ring (bicyclic) bond motifs is 1. The number of carbonyl (C=O) groups is 1. The number of rotatable bonds is 8. The summed E-state index contributed by atoms with van der Waals surface area (Å²) in [5.74, 6) is 0.783. The molecule has 8 nitrogen and oxygen atoms in total. The highest BCUT2D eigenvalue weighted by Gasteiger charge is 2.15. The topological polar surface area (TPSA) is 108 Å². The van der Waals surface area contributed by atoms with Gasteiger partial charge in [-0.1, -0.05) is 12.1 Å². The van der Waals surface area contributed by atoms with Crippen LogP contribution in [0.4, 0.5) is 26.4 Å². The standard InChI is InChI=1S/C26H29FN6O2/c1-16-15-19(9-11-21(16)27)30-26(34)29-18-7-5-17(6-8-18)20-10-12-22(35-14-4-13-33(2)3)24-23(20)25(28)32-31-24/h5-12,15H,4,13-14H2,1-3H3,(H3,28,31,32)(H2,29,30,34). The molecule has 1 heterocycles.